The molecule has 0 aliphatic carbocycles. The average Bonchev–Trinajstić information content (AvgIpc) is 3.39. The topological polar surface area (TPSA) is 84.2 Å². The van der Waals surface area contributed by atoms with Gasteiger partial charge in [-0.3, -0.25) is 9.59 Å². The second kappa shape index (κ2) is 10.6. The van der Waals surface area contributed by atoms with Crippen LogP contribution < -0.4 is 10.6 Å². The summed E-state index contributed by atoms with van der Waals surface area (Å²) >= 11 is 0. The van der Waals surface area contributed by atoms with E-state index < -0.39 is 11.9 Å². The highest BCUT2D eigenvalue weighted by atomic mass is 16.3. The van der Waals surface area contributed by atoms with Crippen molar-refractivity contribution in [3.05, 3.63) is 120 Å². The van der Waals surface area contributed by atoms with E-state index in [1.165, 1.54) is 6.26 Å². The molecule has 0 saturated heterocycles. The van der Waals surface area contributed by atoms with Gasteiger partial charge in [-0.1, -0.05) is 48.4 Å². The minimum Gasteiger partial charge on any atom is -0.459 e. The third-order valence-electron chi connectivity index (χ3n) is 4.78. The van der Waals surface area contributed by atoms with Gasteiger partial charge in [-0.2, -0.15) is 0 Å². The van der Waals surface area contributed by atoms with Crippen LogP contribution in [0.1, 0.15) is 27.4 Å². The van der Waals surface area contributed by atoms with Crippen LogP contribution in [-0.2, 0) is 11.2 Å². The second-order valence-electron chi connectivity index (χ2n) is 7.23. The summed E-state index contributed by atoms with van der Waals surface area (Å²) in [5.74, 6) is 5.40. The van der Waals surface area contributed by atoms with Crippen LogP contribution in [0.3, 0.4) is 0 Å². The number of aromatic nitrogens is 1. The number of pyridine rings is 1. The van der Waals surface area contributed by atoms with Crippen molar-refractivity contribution in [3.8, 4) is 11.8 Å². The third kappa shape index (κ3) is 6.18. The molecule has 0 saturated carbocycles. The number of anilines is 1. The van der Waals surface area contributed by atoms with E-state index in [1.54, 1.807) is 30.5 Å². The molecule has 0 bridgehead atoms. The number of hydrogen-bond acceptors (Lipinski definition) is 4. The van der Waals surface area contributed by atoms with E-state index in [4.69, 9.17) is 4.42 Å². The molecule has 2 aromatic heterocycles. The van der Waals surface area contributed by atoms with Gasteiger partial charge in [0.15, 0.2) is 5.76 Å². The van der Waals surface area contributed by atoms with E-state index in [0.717, 1.165) is 11.1 Å². The lowest BCUT2D eigenvalue weighted by molar-refractivity contribution is -0.118. The van der Waals surface area contributed by atoms with Gasteiger partial charge in [-0.15, -0.1) is 0 Å². The zero-order valence-electron chi connectivity index (χ0n) is 17.7. The predicted octanol–water partition coefficient (Wildman–Crippen LogP) is 4.05. The van der Waals surface area contributed by atoms with Gasteiger partial charge in [0.2, 0.25) is 5.91 Å². The number of nitrogens with zero attached hydrogens (tertiary/aromatic N) is 1. The molecular weight excluding hydrogens is 414 g/mol. The molecule has 6 nitrogen and oxygen atoms in total. The first-order valence-corrected chi connectivity index (χ1v) is 10.4. The van der Waals surface area contributed by atoms with Gasteiger partial charge in [-0.25, -0.2) is 4.98 Å². The van der Waals surface area contributed by atoms with Crippen LogP contribution >= 0.6 is 0 Å². The van der Waals surface area contributed by atoms with E-state index in [-0.39, 0.29) is 11.7 Å². The van der Waals surface area contributed by atoms with Crippen LogP contribution in [0.25, 0.3) is 0 Å². The fraction of sp³-hybridized carbons (Fsp3) is 0.0741. The number of hydrogen-bond donors (Lipinski definition) is 2. The van der Waals surface area contributed by atoms with Gasteiger partial charge < -0.3 is 15.1 Å². The first-order valence-electron chi connectivity index (χ1n) is 10.4. The van der Waals surface area contributed by atoms with Crippen molar-refractivity contribution in [2.75, 3.05) is 5.32 Å². The fourth-order valence-electron chi connectivity index (χ4n) is 3.17. The van der Waals surface area contributed by atoms with E-state index >= 15 is 0 Å². The van der Waals surface area contributed by atoms with E-state index in [0.29, 0.717) is 17.8 Å². The first-order chi connectivity index (χ1) is 16.2. The molecule has 2 N–H and O–H groups in total. The SMILES string of the molecule is O=C(NC(Cc1ccccc1)C(=O)Nc1cccc(C#Cc2ccccn2)c1)c1ccco1. The fourth-order valence-corrected chi connectivity index (χ4v) is 3.17. The van der Waals surface area contributed by atoms with Gasteiger partial charge in [0, 0.05) is 23.9 Å². The summed E-state index contributed by atoms with van der Waals surface area (Å²) in [6.07, 6.45) is 3.43. The second-order valence-corrected chi connectivity index (χ2v) is 7.23. The van der Waals surface area contributed by atoms with Crippen molar-refractivity contribution in [1.82, 2.24) is 10.3 Å². The Morgan fingerprint density at radius 3 is 2.52 bits per heavy atom. The van der Waals surface area contributed by atoms with Crippen LogP contribution in [0, 0.1) is 11.8 Å². The van der Waals surface area contributed by atoms with Crippen LogP contribution in [0.5, 0.6) is 0 Å². The number of carbonyl (C=O) groups is 2. The van der Waals surface area contributed by atoms with E-state index in [9.17, 15) is 9.59 Å². The number of benzene rings is 2. The quantitative estimate of drug-likeness (QED) is 0.448. The molecule has 0 aliphatic heterocycles. The molecule has 2 aromatic carbocycles. The Bertz CT molecular complexity index is 1270. The highest BCUT2D eigenvalue weighted by Gasteiger charge is 2.23. The summed E-state index contributed by atoms with van der Waals surface area (Å²) < 4.78 is 5.16. The molecule has 2 heterocycles. The van der Waals surface area contributed by atoms with Crippen molar-refractivity contribution in [2.24, 2.45) is 0 Å². The Hall–Kier alpha value is -4.63. The van der Waals surface area contributed by atoms with Gasteiger partial charge >= 0.3 is 0 Å². The maximum atomic E-state index is 13.1. The molecule has 0 spiro atoms. The average molecular weight is 435 g/mol. The van der Waals surface area contributed by atoms with Crippen molar-refractivity contribution < 1.29 is 14.0 Å². The zero-order valence-corrected chi connectivity index (χ0v) is 17.7. The molecule has 0 radical (unpaired) electrons. The van der Waals surface area contributed by atoms with Gasteiger partial charge in [0.25, 0.3) is 5.91 Å². The highest BCUT2D eigenvalue weighted by molar-refractivity contribution is 6.00. The van der Waals surface area contributed by atoms with E-state index in [2.05, 4.69) is 27.5 Å². The summed E-state index contributed by atoms with van der Waals surface area (Å²) in [5.41, 5.74) is 2.90. The Kier molecular flexibility index (Phi) is 6.94. The van der Waals surface area contributed by atoms with E-state index in [1.807, 2.05) is 60.7 Å². The van der Waals surface area contributed by atoms with Crippen LogP contribution in [-0.4, -0.2) is 22.8 Å². The lowest BCUT2D eigenvalue weighted by atomic mass is 10.0. The lowest BCUT2D eigenvalue weighted by Gasteiger charge is -2.18. The largest absolute Gasteiger partial charge is 0.459 e. The molecule has 1 unspecified atom stereocenters. The molecular formula is C27H21N3O3. The Morgan fingerprint density at radius 2 is 1.76 bits per heavy atom. The van der Waals surface area contributed by atoms with Crippen molar-refractivity contribution in [2.45, 2.75) is 12.5 Å². The summed E-state index contributed by atoms with van der Waals surface area (Å²) in [6.45, 7) is 0. The third-order valence-corrected chi connectivity index (χ3v) is 4.78. The Labute approximate surface area is 191 Å². The Balaban J connectivity index is 1.50. The van der Waals surface area contributed by atoms with Gasteiger partial charge in [0.05, 0.1) is 6.26 Å². The molecule has 33 heavy (non-hydrogen) atoms. The number of furan rings is 1. The maximum Gasteiger partial charge on any atom is 0.287 e. The predicted molar refractivity (Wildman–Crippen MR) is 125 cm³/mol. The highest BCUT2D eigenvalue weighted by Crippen LogP contribution is 2.13. The molecule has 0 aliphatic rings. The summed E-state index contributed by atoms with van der Waals surface area (Å²) in [4.78, 5) is 29.8. The lowest BCUT2D eigenvalue weighted by Crippen LogP contribution is -2.45. The van der Waals surface area contributed by atoms with Crippen molar-refractivity contribution in [1.29, 1.82) is 0 Å². The minimum absolute atomic E-state index is 0.146. The summed E-state index contributed by atoms with van der Waals surface area (Å²) in [6, 6.07) is 24.6. The first kappa shape index (κ1) is 21.6. The maximum absolute atomic E-state index is 13.1. The van der Waals surface area contributed by atoms with Gasteiger partial charge in [-0.05, 0) is 53.9 Å². The standard InChI is InChI=1S/C27H21N3O3/c31-26(29-23-12-6-10-21(18-23)14-15-22-11-4-5-16-28-22)24(19-20-8-2-1-3-9-20)30-27(32)25-13-7-17-33-25/h1-13,16-18,24H,19H2,(H,29,31)(H,30,32). The molecule has 1 atom stereocenters. The molecule has 0 fully saturated rings. The normalized spacial score (nSPS) is 11.0. The molecule has 6 heteroatoms. The van der Waals surface area contributed by atoms with Gasteiger partial charge in [0.1, 0.15) is 11.7 Å². The summed E-state index contributed by atoms with van der Waals surface area (Å²) in [7, 11) is 0. The van der Waals surface area contributed by atoms with Crippen molar-refractivity contribution >= 4 is 17.5 Å². The molecule has 4 aromatic rings. The van der Waals surface area contributed by atoms with Crippen molar-refractivity contribution in [3.63, 3.8) is 0 Å². The van der Waals surface area contributed by atoms with Crippen LogP contribution in [0.2, 0.25) is 0 Å². The Morgan fingerprint density at radius 1 is 0.909 bits per heavy atom. The zero-order chi connectivity index (χ0) is 22.9. The number of carbonyl (C=O) groups excluding carboxylic acids is 2. The van der Waals surface area contributed by atoms with Crippen LogP contribution in [0.4, 0.5) is 5.69 Å². The smallest absolute Gasteiger partial charge is 0.287 e. The molecule has 2 amide bonds. The molecule has 162 valence electrons. The number of rotatable bonds is 6. The monoisotopic (exact) mass is 435 g/mol. The molecule has 4 rings (SSSR count). The number of nitrogens with one attached hydrogen (secondary N) is 2. The minimum atomic E-state index is -0.798. The summed E-state index contributed by atoms with van der Waals surface area (Å²) in [5, 5.41) is 5.65. The van der Waals surface area contributed by atoms with Crippen LogP contribution in [0.15, 0.2) is 102 Å². The number of amides is 2.